The fraction of sp³-hybridized carbons (Fsp3) is 0.643. The third-order valence-electron chi connectivity index (χ3n) is 3.32. The van der Waals surface area contributed by atoms with Gasteiger partial charge >= 0.3 is 0 Å². The van der Waals surface area contributed by atoms with E-state index >= 15 is 0 Å². The summed E-state index contributed by atoms with van der Waals surface area (Å²) in [5.74, 6) is 2.05. The van der Waals surface area contributed by atoms with Crippen LogP contribution in [0.15, 0.2) is 18.3 Å². The van der Waals surface area contributed by atoms with Crippen LogP contribution in [0.5, 0.6) is 5.75 Å². The van der Waals surface area contributed by atoms with Gasteiger partial charge in [-0.3, -0.25) is 0 Å². The first kappa shape index (κ1) is 13.6. The van der Waals surface area contributed by atoms with E-state index in [0.29, 0.717) is 17.0 Å². The monoisotopic (exact) mass is 268 g/mol. The highest BCUT2D eigenvalue weighted by Gasteiger charge is 2.27. The van der Waals surface area contributed by atoms with E-state index in [1.165, 1.54) is 6.42 Å². The summed E-state index contributed by atoms with van der Waals surface area (Å²) in [7, 11) is 0. The second kappa shape index (κ2) is 6.39. The molecule has 2 rings (SSSR count). The number of aromatic nitrogens is 1. The molecule has 1 unspecified atom stereocenters. The first-order valence-electron chi connectivity index (χ1n) is 6.64. The van der Waals surface area contributed by atoms with Crippen molar-refractivity contribution in [2.45, 2.75) is 32.8 Å². The molecule has 100 valence electrons. The van der Waals surface area contributed by atoms with Crippen LogP contribution in [0.2, 0.25) is 5.15 Å². The van der Waals surface area contributed by atoms with Gasteiger partial charge in [0.1, 0.15) is 17.0 Å². The van der Waals surface area contributed by atoms with E-state index in [1.54, 1.807) is 12.3 Å². The fourth-order valence-corrected chi connectivity index (χ4v) is 2.51. The van der Waals surface area contributed by atoms with Crippen LogP contribution < -0.4 is 10.1 Å². The van der Waals surface area contributed by atoms with Gasteiger partial charge in [0.15, 0.2) is 0 Å². The third kappa shape index (κ3) is 3.85. The van der Waals surface area contributed by atoms with Crippen molar-refractivity contribution in [3.63, 3.8) is 0 Å². The maximum absolute atomic E-state index is 6.10. The van der Waals surface area contributed by atoms with E-state index in [4.69, 9.17) is 16.3 Å². The van der Waals surface area contributed by atoms with Crippen molar-refractivity contribution in [3.8, 4) is 5.75 Å². The number of hydrogen-bond acceptors (Lipinski definition) is 3. The van der Waals surface area contributed by atoms with Crippen LogP contribution in [0.4, 0.5) is 0 Å². The highest BCUT2D eigenvalue weighted by molar-refractivity contribution is 6.29. The lowest BCUT2D eigenvalue weighted by Crippen LogP contribution is -2.30. The lowest BCUT2D eigenvalue weighted by atomic mass is 9.93. The van der Waals surface area contributed by atoms with Crippen LogP contribution in [0, 0.1) is 11.8 Å². The minimum atomic E-state index is 0.267. The number of pyridine rings is 1. The predicted octanol–water partition coefficient (Wildman–Crippen LogP) is 3.14. The SMILES string of the molecule is CC(C)CC(Oc1ccc(Cl)nc1)[C@H]1CCNC1. The highest BCUT2D eigenvalue weighted by atomic mass is 35.5. The maximum atomic E-state index is 6.10. The van der Waals surface area contributed by atoms with E-state index < -0.39 is 0 Å². The standard InChI is InChI=1S/C14H21ClN2O/c1-10(2)7-13(11-5-6-16-8-11)18-12-3-4-14(15)17-9-12/h3-4,9-11,13,16H,5-8H2,1-2H3/t11-,13?/m0/s1. The molecule has 1 aliphatic rings. The molecule has 3 nitrogen and oxygen atoms in total. The molecule has 0 aliphatic carbocycles. The Labute approximate surface area is 114 Å². The lowest BCUT2D eigenvalue weighted by Gasteiger charge is -2.25. The summed E-state index contributed by atoms with van der Waals surface area (Å²) in [5.41, 5.74) is 0. The molecule has 1 aromatic heterocycles. The summed E-state index contributed by atoms with van der Waals surface area (Å²) < 4.78 is 6.10. The van der Waals surface area contributed by atoms with Crippen LogP contribution in [-0.4, -0.2) is 24.2 Å². The molecular weight excluding hydrogens is 248 g/mol. The first-order chi connectivity index (χ1) is 8.65. The zero-order chi connectivity index (χ0) is 13.0. The normalized spacial score (nSPS) is 21.2. The van der Waals surface area contributed by atoms with Gasteiger partial charge in [-0.15, -0.1) is 0 Å². The lowest BCUT2D eigenvalue weighted by molar-refractivity contribution is 0.119. The van der Waals surface area contributed by atoms with Crippen LogP contribution in [0.3, 0.4) is 0 Å². The summed E-state index contributed by atoms with van der Waals surface area (Å²) >= 11 is 5.78. The Balaban J connectivity index is 2.01. The van der Waals surface area contributed by atoms with Crippen molar-refractivity contribution in [2.24, 2.45) is 11.8 Å². The fourth-order valence-electron chi connectivity index (χ4n) is 2.40. The molecule has 0 bridgehead atoms. The Morgan fingerprint density at radius 3 is 2.89 bits per heavy atom. The molecule has 0 aromatic carbocycles. The van der Waals surface area contributed by atoms with Crippen molar-refractivity contribution in [1.29, 1.82) is 0 Å². The number of rotatable bonds is 5. The summed E-state index contributed by atoms with van der Waals surface area (Å²) in [5, 5.41) is 3.91. The molecule has 0 spiro atoms. The van der Waals surface area contributed by atoms with Gasteiger partial charge < -0.3 is 10.1 Å². The van der Waals surface area contributed by atoms with Crippen molar-refractivity contribution in [3.05, 3.63) is 23.5 Å². The van der Waals surface area contributed by atoms with Crippen LogP contribution in [0.1, 0.15) is 26.7 Å². The minimum Gasteiger partial charge on any atom is -0.488 e. The van der Waals surface area contributed by atoms with Crippen LogP contribution in [-0.2, 0) is 0 Å². The maximum Gasteiger partial charge on any atom is 0.138 e. The van der Waals surface area contributed by atoms with Crippen molar-refractivity contribution < 1.29 is 4.74 Å². The van der Waals surface area contributed by atoms with Crippen molar-refractivity contribution in [1.82, 2.24) is 10.3 Å². The molecule has 1 saturated heterocycles. The number of ether oxygens (including phenoxy) is 1. The molecule has 2 heterocycles. The topological polar surface area (TPSA) is 34.1 Å². The minimum absolute atomic E-state index is 0.267. The number of hydrogen-bond donors (Lipinski definition) is 1. The molecule has 0 radical (unpaired) electrons. The van der Waals surface area contributed by atoms with E-state index in [-0.39, 0.29) is 6.10 Å². The Hall–Kier alpha value is -0.800. The molecule has 1 N–H and O–H groups in total. The van der Waals surface area contributed by atoms with Crippen molar-refractivity contribution in [2.75, 3.05) is 13.1 Å². The van der Waals surface area contributed by atoms with Gasteiger partial charge in [0, 0.05) is 12.5 Å². The average molecular weight is 269 g/mol. The molecule has 1 aliphatic heterocycles. The van der Waals surface area contributed by atoms with Gasteiger partial charge in [-0.25, -0.2) is 4.98 Å². The Morgan fingerprint density at radius 1 is 1.50 bits per heavy atom. The van der Waals surface area contributed by atoms with Gasteiger partial charge in [-0.05, 0) is 37.4 Å². The highest BCUT2D eigenvalue weighted by Crippen LogP contribution is 2.24. The molecule has 18 heavy (non-hydrogen) atoms. The van der Waals surface area contributed by atoms with Crippen LogP contribution in [0.25, 0.3) is 0 Å². The van der Waals surface area contributed by atoms with Gasteiger partial charge in [-0.1, -0.05) is 25.4 Å². The van der Waals surface area contributed by atoms with E-state index in [2.05, 4.69) is 24.1 Å². The molecule has 1 aromatic rings. The molecular formula is C14H21ClN2O. The molecule has 2 atom stereocenters. The van der Waals surface area contributed by atoms with Crippen LogP contribution >= 0.6 is 11.6 Å². The van der Waals surface area contributed by atoms with Gasteiger partial charge in [0.2, 0.25) is 0 Å². The molecule has 1 fully saturated rings. The van der Waals surface area contributed by atoms with Gasteiger partial charge in [0.25, 0.3) is 0 Å². The number of nitrogens with zero attached hydrogens (tertiary/aromatic N) is 1. The van der Waals surface area contributed by atoms with E-state index in [9.17, 15) is 0 Å². The average Bonchev–Trinajstić information content (AvgIpc) is 2.84. The van der Waals surface area contributed by atoms with Gasteiger partial charge in [0.05, 0.1) is 6.20 Å². The number of halogens is 1. The molecule has 4 heteroatoms. The summed E-state index contributed by atoms with van der Waals surface area (Å²) in [6, 6.07) is 3.67. The van der Waals surface area contributed by atoms with E-state index in [1.807, 2.05) is 6.07 Å². The summed E-state index contributed by atoms with van der Waals surface area (Å²) in [6.45, 7) is 6.62. The first-order valence-corrected chi connectivity index (χ1v) is 7.02. The van der Waals surface area contributed by atoms with Crippen molar-refractivity contribution >= 4 is 11.6 Å². The summed E-state index contributed by atoms with van der Waals surface area (Å²) in [6.07, 6.45) is 4.24. The Bertz CT molecular complexity index is 361. The predicted molar refractivity (Wildman–Crippen MR) is 74.1 cm³/mol. The molecule has 0 saturated carbocycles. The third-order valence-corrected chi connectivity index (χ3v) is 3.54. The van der Waals surface area contributed by atoms with E-state index in [0.717, 1.165) is 25.3 Å². The second-order valence-electron chi connectivity index (χ2n) is 5.36. The molecule has 0 amide bonds. The zero-order valence-electron chi connectivity index (χ0n) is 11.0. The Morgan fingerprint density at radius 2 is 2.33 bits per heavy atom. The Kier molecular flexibility index (Phi) is 4.84. The summed E-state index contributed by atoms with van der Waals surface area (Å²) in [4.78, 5) is 4.06. The number of nitrogens with one attached hydrogen (secondary N) is 1. The zero-order valence-corrected chi connectivity index (χ0v) is 11.8. The smallest absolute Gasteiger partial charge is 0.138 e. The second-order valence-corrected chi connectivity index (χ2v) is 5.74. The van der Waals surface area contributed by atoms with Gasteiger partial charge in [-0.2, -0.15) is 0 Å². The quantitative estimate of drug-likeness (QED) is 0.833. The largest absolute Gasteiger partial charge is 0.488 e.